The summed E-state index contributed by atoms with van der Waals surface area (Å²) in [6, 6.07) is 3.25. The van der Waals surface area contributed by atoms with E-state index in [1.165, 1.54) is 12.1 Å². The summed E-state index contributed by atoms with van der Waals surface area (Å²) >= 11 is 0. The summed E-state index contributed by atoms with van der Waals surface area (Å²) in [5.41, 5.74) is 0.397. The third kappa shape index (κ3) is 6.43. The van der Waals surface area contributed by atoms with Crippen molar-refractivity contribution in [2.45, 2.75) is 46.3 Å². The first kappa shape index (κ1) is 20.4. The van der Waals surface area contributed by atoms with Gasteiger partial charge in [-0.3, -0.25) is 4.99 Å². The molecule has 0 amide bonds. The van der Waals surface area contributed by atoms with Crippen molar-refractivity contribution in [2.24, 2.45) is 10.9 Å². The minimum Gasteiger partial charge on any atom is -0.378 e. The van der Waals surface area contributed by atoms with Crippen molar-refractivity contribution < 1.29 is 13.5 Å². The fourth-order valence-corrected chi connectivity index (χ4v) is 2.49. The van der Waals surface area contributed by atoms with Crippen molar-refractivity contribution in [3.05, 3.63) is 35.4 Å². The van der Waals surface area contributed by atoms with Crippen LogP contribution in [-0.2, 0) is 4.74 Å². The van der Waals surface area contributed by atoms with E-state index in [0.29, 0.717) is 30.6 Å². The number of ether oxygens (including phenoxy) is 1. The van der Waals surface area contributed by atoms with Crippen molar-refractivity contribution in [3.63, 3.8) is 0 Å². The molecule has 2 unspecified atom stereocenters. The predicted molar refractivity (Wildman–Crippen MR) is 94.1 cm³/mol. The first-order chi connectivity index (χ1) is 11.4. The molecule has 0 fully saturated rings. The molecule has 1 aromatic carbocycles. The molecule has 0 aliphatic carbocycles. The monoisotopic (exact) mass is 341 g/mol. The fraction of sp³-hybridized carbons (Fsp3) is 0.611. The molecule has 6 heteroatoms. The maximum Gasteiger partial charge on any atom is 0.191 e. The van der Waals surface area contributed by atoms with Gasteiger partial charge in [0.05, 0.1) is 12.1 Å². The minimum atomic E-state index is -0.582. The van der Waals surface area contributed by atoms with E-state index in [4.69, 9.17) is 4.74 Å². The van der Waals surface area contributed by atoms with E-state index in [2.05, 4.69) is 29.5 Å². The Bertz CT molecular complexity index is 535. The summed E-state index contributed by atoms with van der Waals surface area (Å²) in [6.07, 6.45) is 1.04. The summed E-state index contributed by atoms with van der Waals surface area (Å²) in [5, 5.41) is 6.32. The average molecular weight is 341 g/mol. The van der Waals surface area contributed by atoms with Crippen molar-refractivity contribution in [1.29, 1.82) is 0 Å². The average Bonchev–Trinajstić information content (AvgIpc) is 2.52. The number of nitrogens with zero attached hydrogens (tertiary/aromatic N) is 1. The highest BCUT2D eigenvalue weighted by atomic mass is 19.1. The SMILES string of the molecule is CCOC(CCNC(=NC)NC(C)c1ccc(F)cc1F)C(C)C. The quantitative estimate of drug-likeness (QED) is 0.560. The summed E-state index contributed by atoms with van der Waals surface area (Å²) in [7, 11) is 1.66. The van der Waals surface area contributed by atoms with E-state index >= 15 is 0 Å². The number of aliphatic imine (C=N–C) groups is 1. The van der Waals surface area contributed by atoms with E-state index < -0.39 is 11.6 Å². The van der Waals surface area contributed by atoms with Crippen LogP contribution in [0.3, 0.4) is 0 Å². The molecule has 0 heterocycles. The van der Waals surface area contributed by atoms with Gasteiger partial charge in [-0.05, 0) is 32.3 Å². The smallest absolute Gasteiger partial charge is 0.191 e. The fourth-order valence-electron chi connectivity index (χ4n) is 2.49. The maximum absolute atomic E-state index is 13.8. The van der Waals surface area contributed by atoms with Gasteiger partial charge in [0.15, 0.2) is 5.96 Å². The second-order valence-electron chi connectivity index (χ2n) is 6.06. The van der Waals surface area contributed by atoms with Crippen LogP contribution >= 0.6 is 0 Å². The first-order valence-corrected chi connectivity index (χ1v) is 8.42. The molecule has 0 aliphatic heterocycles. The van der Waals surface area contributed by atoms with Gasteiger partial charge < -0.3 is 15.4 Å². The van der Waals surface area contributed by atoms with E-state index in [9.17, 15) is 8.78 Å². The second-order valence-corrected chi connectivity index (χ2v) is 6.06. The largest absolute Gasteiger partial charge is 0.378 e. The normalized spacial score (nSPS) is 14.6. The van der Waals surface area contributed by atoms with Crippen LogP contribution in [0.5, 0.6) is 0 Å². The Labute approximate surface area is 143 Å². The lowest BCUT2D eigenvalue weighted by Gasteiger charge is -2.23. The Morgan fingerprint density at radius 2 is 1.96 bits per heavy atom. The molecule has 0 aliphatic rings. The van der Waals surface area contributed by atoms with Crippen LogP contribution in [0.25, 0.3) is 0 Å². The topological polar surface area (TPSA) is 45.6 Å². The van der Waals surface area contributed by atoms with Crippen molar-refractivity contribution in [2.75, 3.05) is 20.2 Å². The molecule has 1 rings (SSSR count). The summed E-state index contributed by atoms with van der Waals surface area (Å²) in [6.45, 7) is 9.44. The standard InChI is InChI=1S/C18H29F2N3O/c1-6-24-17(12(2)3)9-10-22-18(21-5)23-13(4)15-8-7-14(19)11-16(15)20/h7-8,11-13,17H,6,9-10H2,1-5H3,(H2,21,22,23). The molecule has 1 aromatic rings. The Hall–Kier alpha value is -1.69. The lowest BCUT2D eigenvalue weighted by Crippen LogP contribution is -2.40. The van der Waals surface area contributed by atoms with Gasteiger partial charge in [-0.2, -0.15) is 0 Å². The van der Waals surface area contributed by atoms with Crippen LogP contribution in [0.2, 0.25) is 0 Å². The van der Waals surface area contributed by atoms with Crippen LogP contribution in [0.15, 0.2) is 23.2 Å². The number of hydrogen-bond acceptors (Lipinski definition) is 2. The number of hydrogen-bond donors (Lipinski definition) is 2. The van der Waals surface area contributed by atoms with Gasteiger partial charge >= 0.3 is 0 Å². The minimum absolute atomic E-state index is 0.188. The zero-order valence-corrected chi connectivity index (χ0v) is 15.2. The van der Waals surface area contributed by atoms with Crippen LogP contribution in [-0.4, -0.2) is 32.3 Å². The summed E-state index contributed by atoms with van der Waals surface area (Å²) in [4.78, 5) is 4.15. The molecule has 0 spiro atoms. The molecule has 24 heavy (non-hydrogen) atoms. The number of benzene rings is 1. The predicted octanol–water partition coefficient (Wildman–Crippen LogP) is 3.64. The Balaban J connectivity index is 2.55. The zero-order valence-electron chi connectivity index (χ0n) is 15.2. The van der Waals surface area contributed by atoms with E-state index in [-0.39, 0.29) is 12.1 Å². The Morgan fingerprint density at radius 3 is 2.50 bits per heavy atom. The van der Waals surface area contributed by atoms with E-state index in [1.807, 2.05) is 6.92 Å². The van der Waals surface area contributed by atoms with Gasteiger partial charge in [0.2, 0.25) is 0 Å². The molecule has 0 saturated carbocycles. The zero-order chi connectivity index (χ0) is 18.1. The Morgan fingerprint density at radius 1 is 1.25 bits per heavy atom. The van der Waals surface area contributed by atoms with Gasteiger partial charge in [0.25, 0.3) is 0 Å². The molecule has 0 saturated heterocycles. The van der Waals surface area contributed by atoms with E-state index in [0.717, 1.165) is 12.5 Å². The van der Waals surface area contributed by atoms with Crippen molar-refractivity contribution in [1.82, 2.24) is 10.6 Å². The molecule has 0 radical (unpaired) electrons. The summed E-state index contributed by atoms with van der Waals surface area (Å²) in [5.74, 6) is -0.137. The first-order valence-electron chi connectivity index (χ1n) is 8.42. The van der Waals surface area contributed by atoms with Gasteiger partial charge in [-0.25, -0.2) is 8.78 Å². The molecule has 0 aromatic heterocycles. The van der Waals surface area contributed by atoms with Crippen LogP contribution in [0.4, 0.5) is 8.78 Å². The van der Waals surface area contributed by atoms with E-state index in [1.54, 1.807) is 14.0 Å². The molecule has 0 bridgehead atoms. The third-order valence-corrected chi connectivity index (χ3v) is 3.85. The van der Waals surface area contributed by atoms with Gasteiger partial charge in [0.1, 0.15) is 11.6 Å². The third-order valence-electron chi connectivity index (χ3n) is 3.85. The summed E-state index contributed by atoms with van der Waals surface area (Å²) < 4.78 is 32.5. The molecule has 2 atom stereocenters. The number of rotatable bonds is 8. The molecular formula is C18H29F2N3O. The molecule has 136 valence electrons. The Kier molecular flexibility index (Phi) is 8.68. The lowest BCUT2D eigenvalue weighted by molar-refractivity contribution is 0.0258. The van der Waals surface area contributed by atoms with Crippen molar-refractivity contribution >= 4 is 5.96 Å². The highest BCUT2D eigenvalue weighted by Crippen LogP contribution is 2.17. The van der Waals surface area contributed by atoms with Gasteiger partial charge in [-0.15, -0.1) is 0 Å². The highest BCUT2D eigenvalue weighted by Gasteiger charge is 2.15. The van der Waals surface area contributed by atoms with Crippen LogP contribution < -0.4 is 10.6 Å². The number of guanidine groups is 1. The molecule has 2 N–H and O–H groups in total. The van der Waals surface area contributed by atoms with Gasteiger partial charge in [-0.1, -0.05) is 19.9 Å². The second kappa shape index (κ2) is 10.2. The van der Waals surface area contributed by atoms with Gasteiger partial charge in [0, 0.05) is 31.8 Å². The van der Waals surface area contributed by atoms with Crippen molar-refractivity contribution in [3.8, 4) is 0 Å². The number of nitrogens with one attached hydrogen (secondary N) is 2. The lowest BCUT2D eigenvalue weighted by atomic mass is 10.0. The molecule has 4 nitrogen and oxygen atoms in total. The van der Waals surface area contributed by atoms with Crippen LogP contribution in [0, 0.1) is 17.6 Å². The van der Waals surface area contributed by atoms with Crippen LogP contribution in [0.1, 0.15) is 45.7 Å². The molecular weight excluding hydrogens is 312 g/mol. The highest BCUT2D eigenvalue weighted by molar-refractivity contribution is 5.80. The maximum atomic E-state index is 13.8. The number of halogens is 2.